The summed E-state index contributed by atoms with van der Waals surface area (Å²) in [5.74, 6) is 0. The van der Waals surface area contributed by atoms with Crippen LogP contribution < -0.4 is 4.83 Å². The maximum absolute atomic E-state index is 12.2. The van der Waals surface area contributed by atoms with Gasteiger partial charge in [-0.25, -0.2) is 4.83 Å². The standard InChI is InChI=1S/C16H20BrN3O2S/c1-11(2)20-12(3)9-14(13(20)4)10-18-19-23(21,22)16-7-5-15(17)6-8-16/h5-11,19H,1-4H3/b18-10-. The SMILES string of the molecule is Cc1cc(/C=N\NS(=O)(=O)c2ccc(Br)cc2)c(C)n1C(C)C. The summed E-state index contributed by atoms with van der Waals surface area (Å²) in [5.41, 5.74) is 3.08. The molecule has 1 aromatic carbocycles. The quantitative estimate of drug-likeness (QED) is 0.616. The lowest BCUT2D eigenvalue weighted by Crippen LogP contribution is -2.18. The first-order chi connectivity index (χ1) is 10.7. The first-order valence-corrected chi connectivity index (χ1v) is 9.49. The van der Waals surface area contributed by atoms with Gasteiger partial charge in [0.05, 0.1) is 11.1 Å². The van der Waals surface area contributed by atoms with Crippen molar-refractivity contribution < 1.29 is 8.42 Å². The Hall–Kier alpha value is -1.60. The lowest BCUT2D eigenvalue weighted by atomic mass is 10.2. The molecule has 0 spiro atoms. The minimum atomic E-state index is -3.66. The van der Waals surface area contributed by atoms with Crippen molar-refractivity contribution in [1.82, 2.24) is 9.40 Å². The third-order valence-electron chi connectivity index (χ3n) is 3.54. The average Bonchev–Trinajstić information content (AvgIpc) is 2.73. The van der Waals surface area contributed by atoms with E-state index in [0.29, 0.717) is 6.04 Å². The summed E-state index contributed by atoms with van der Waals surface area (Å²) < 4.78 is 27.3. The fourth-order valence-corrected chi connectivity index (χ4v) is 3.62. The highest BCUT2D eigenvalue weighted by Gasteiger charge is 2.13. The van der Waals surface area contributed by atoms with Gasteiger partial charge in [-0.3, -0.25) is 0 Å². The van der Waals surface area contributed by atoms with Crippen LogP contribution in [0.15, 0.2) is 44.8 Å². The fourth-order valence-electron chi connectivity index (χ4n) is 2.56. The van der Waals surface area contributed by atoms with E-state index in [4.69, 9.17) is 0 Å². The number of nitrogens with zero attached hydrogens (tertiary/aromatic N) is 2. The summed E-state index contributed by atoms with van der Waals surface area (Å²) in [5, 5.41) is 3.90. The van der Waals surface area contributed by atoms with Crippen LogP contribution in [-0.4, -0.2) is 19.2 Å². The normalized spacial score (nSPS) is 12.3. The van der Waals surface area contributed by atoms with Gasteiger partial charge in [-0.2, -0.15) is 13.5 Å². The monoisotopic (exact) mass is 397 g/mol. The van der Waals surface area contributed by atoms with Gasteiger partial charge in [-0.05, 0) is 58.0 Å². The molecule has 0 radical (unpaired) electrons. The predicted molar refractivity (Wildman–Crippen MR) is 96.3 cm³/mol. The predicted octanol–water partition coefficient (Wildman–Crippen LogP) is 3.76. The summed E-state index contributed by atoms with van der Waals surface area (Å²) in [4.78, 5) is 2.42. The van der Waals surface area contributed by atoms with E-state index in [1.807, 2.05) is 19.9 Å². The van der Waals surface area contributed by atoms with Gasteiger partial charge in [0, 0.05) is 27.5 Å². The number of hydrogen-bond donors (Lipinski definition) is 1. The first kappa shape index (κ1) is 17.7. The van der Waals surface area contributed by atoms with Gasteiger partial charge in [0.1, 0.15) is 0 Å². The maximum Gasteiger partial charge on any atom is 0.276 e. The number of halogens is 1. The first-order valence-electron chi connectivity index (χ1n) is 7.21. The molecule has 0 aliphatic heterocycles. The third-order valence-corrected chi connectivity index (χ3v) is 5.31. The number of hydrogen-bond acceptors (Lipinski definition) is 3. The number of nitrogens with one attached hydrogen (secondary N) is 1. The number of benzene rings is 1. The Morgan fingerprint density at radius 2 is 1.83 bits per heavy atom. The molecule has 0 atom stereocenters. The van der Waals surface area contributed by atoms with Gasteiger partial charge >= 0.3 is 0 Å². The summed E-state index contributed by atoms with van der Waals surface area (Å²) in [6.45, 7) is 8.24. The minimum absolute atomic E-state index is 0.172. The number of aryl methyl sites for hydroxylation is 1. The van der Waals surface area contributed by atoms with Gasteiger partial charge in [0.15, 0.2) is 0 Å². The summed E-state index contributed by atoms with van der Waals surface area (Å²) in [6.07, 6.45) is 1.54. The number of sulfonamides is 1. The molecule has 5 nitrogen and oxygen atoms in total. The third kappa shape index (κ3) is 4.03. The molecule has 0 unspecified atom stereocenters. The highest BCUT2D eigenvalue weighted by atomic mass is 79.9. The summed E-state index contributed by atoms with van der Waals surface area (Å²) in [7, 11) is -3.66. The molecule has 1 aromatic heterocycles. The molecule has 2 aromatic rings. The zero-order chi connectivity index (χ0) is 17.2. The van der Waals surface area contributed by atoms with Gasteiger partial charge in [0.2, 0.25) is 0 Å². The Bertz CT molecular complexity index is 822. The number of aromatic nitrogens is 1. The molecule has 0 amide bonds. The second-order valence-corrected chi connectivity index (χ2v) is 8.17. The second-order valence-electron chi connectivity index (χ2n) is 5.60. The van der Waals surface area contributed by atoms with Crippen molar-refractivity contribution in [3.63, 3.8) is 0 Å². The van der Waals surface area contributed by atoms with Crippen molar-refractivity contribution in [2.24, 2.45) is 5.10 Å². The Balaban J connectivity index is 2.19. The van der Waals surface area contributed by atoms with Crippen LogP contribution in [0, 0.1) is 13.8 Å². The van der Waals surface area contributed by atoms with Gasteiger partial charge in [0.25, 0.3) is 10.0 Å². The van der Waals surface area contributed by atoms with E-state index in [-0.39, 0.29) is 4.90 Å². The van der Waals surface area contributed by atoms with E-state index >= 15 is 0 Å². The molecule has 0 fully saturated rings. The van der Waals surface area contributed by atoms with Gasteiger partial charge in [-0.1, -0.05) is 15.9 Å². The average molecular weight is 398 g/mol. The lowest BCUT2D eigenvalue weighted by molar-refractivity contribution is 0.574. The van der Waals surface area contributed by atoms with E-state index in [1.54, 1.807) is 12.1 Å². The Morgan fingerprint density at radius 1 is 1.22 bits per heavy atom. The Kier molecular flexibility index (Phi) is 5.31. The largest absolute Gasteiger partial charge is 0.346 e. The Morgan fingerprint density at radius 3 is 2.35 bits per heavy atom. The molecule has 124 valence electrons. The topological polar surface area (TPSA) is 63.5 Å². The van der Waals surface area contributed by atoms with Crippen LogP contribution in [0.2, 0.25) is 0 Å². The molecular formula is C16H20BrN3O2S. The van der Waals surface area contributed by atoms with Gasteiger partial charge in [-0.15, -0.1) is 0 Å². The van der Waals surface area contributed by atoms with E-state index < -0.39 is 10.0 Å². The zero-order valence-electron chi connectivity index (χ0n) is 13.5. The van der Waals surface area contributed by atoms with E-state index in [2.05, 4.69) is 44.3 Å². The lowest BCUT2D eigenvalue weighted by Gasteiger charge is -2.13. The molecule has 1 heterocycles. The van der Waals surface area contributed by atoms with Gasteiger partial charge < -0.3 is 4.57 Å². The van der Waals surface area contributed by atoms with Crippen molar-refractivity contribution in [2.45, 2.75) is 38.6 Å². The maximum atomic E-state index is 12.2. The van der Waals surface area contributed by atoms with Crippen LogP contribution in [0.4, 0.5) is 0 Å². The van der Waals surface area contributed by atoms with Crippen molar-refractivity contribution in [2.75, 3.05) is 0 Å². The van der Waals surface area contributed by atoms with E-state index in [0.717, 1.165) is 21.4 Å². The van der Waals surface area contributed by atoms with Crippen LogP contribution in [0.1, 0.15) is 36.8 Å². The highest BCUT2D eigenvalue weighted by Crippen LogP contribution is 2.19. The molecule has 0 saturated heterocycles. The summed E-state index contributed by atoms with van der Waals surface area (Å²) >= 11 is 3.28. The molecule has 23 heavy (non-hydrogen) atoms. The van der Waals surface area contributed by atoms with Crippen molar-refractivity contribution in [3.05, 3.63) is 51.8 Å². The Labute approximate surface area is 145 Å². The van der Waals surface area contributed by atoms with Crippen LogP contribution in [0.5, 0.6) is 0 Å². The molecule has 7 heteroatoms. The van der Waals surface area contributed by atoms with Crippen LogP contribution in [0.25, 0.3) is 0 Å². The van der Waals surface area contributed by atoms with Crippen molar-refractivity contribution in [1.29, 1.82) is 0 Å². The molecule has 1 N–H and O–H groups in total. The fraction of sp³-hybridized carbons (Fsp3) is 0.312. The molecular weight excluding hydrogens is 378 g/mol. The smallest absolute Gasteiger partial charge is 0.276 e. The number of rotatable bonds is 5. The van der Waals surface area contributed by atoms with Crippen molar-refractivity contribution in [3.8, 4) is 0 Å². The zero-order valence-corrected chi connectivity index (χ0v) is 15.9. The molecule has 0 saturated carbocycles. The van der Waals surface area contributed by atoms with Crippen molar-refractivity contribution >= 4 is 32.2 Å². The minimum Gasteiger partial charge on any atom is -0.346 e. The van der Waals surface area contributed by atoms with E-state index in [1.165, 1.54) is 18.3 Å². The molecule has 2 rings (SSSR count). The van der Waals surface area contributed by atoms with Crippen LogP contribution in [0.3, 0.4) is 0 Å². The second kappa shape index (κ2) is 6.88. The molecule has 0 aliphatic rings. The van der Waals surface area contributed by atoms with E-state index in [9.17, 15) is 8.42 Å². The van der Waals surface area contributed by atoms with Crippen LogP contribution >= 0.6 is 15.9 Å². The highest BCUT2D eigenvalue weighted by molar-refractivity contribution is 9.10. The molecule has 0 bridgehead atoms. The van der Waals surface area contributed by atoms with Crippen LogP contribution in [-0.2, 0) is 10.0 Å². The summed E-state index contributed by atoms with van der Waals surface area (Å²) in [6, 6.07) is 8.73. The number of hydrazone groups is 1. The molecule has 0 aliphatic carbocycles.